The van der Waals surface area contributed by atoms with Gasteiger partial charge in [0.05, 0.1) is 0 Å². The van der Waals surface area contributed by atoms with Gasteiger partial charge in [-0.1, -0.05) is 25.4 Å². The van der Waals surface area contributed by atoms with Gasteiger partial charge in [0.2, 0.25) is 0 Å². The molecule has 5 heteroatoms. The van der Waals surface area contributed by atoms with Crippen LogP contribution < -0.4 is 0 Å². The summed E-state index contributed by atoms with van der Waals surface area (Å²) in [6, 6.07) is 7.20. The summed E-state index contributed by atoms with van der Waals surface area (Å²) in [6.45, 7) is 4.57. The van der Waals surface area contributed by atoms with Crippen LogP contribution in [0.1, 0.15) is 41.4 Å². The molecule has 0 radical (unpaired) electrons. The predicted octanol–water partition coefficient (Wildman–Crippen LogP) is 3.53. The third-order valence-electron chi connectivity index (χ3n) is 3.17. The molecule has 0 spiro atoms. The number of amides is 1. The van der Waals surface area contributed by atoms with Crippen LogP contribution in [0.3, 0.4) is 0 Å². The summed E-state index contributed by atoms with van der Waals surface area (Å²) in [4.78, 5) is 22.4. The molecule has 0 atom stereocenters. The van der Waals surface area contributed by atoms with Crippen molar-refractivity contribution < 1.29 is 4.79 Å². The standard InChI is InChI=1S/C16H18ClN3O/c1-11(2)14-8-13(9-15(17)19-14)16(21)20(3)10-12-4-6-18-7-5-12/h4-9,11H,10H2,1-3H3. The lowest BCUT2D eigenvalue weighted by Gasteiger charge is -2.18. The molecule has 0 bridgehead atoms. The lowest BCUT2D eigenvalue weighted by atomic mass is 10.1. The second-order valence-electron chi connectivity index (χ2n) is 5.27. The quantitative estimate of drug-likeness (QED) is 0.812. The fraction of sp³-hybridized carbons (Fsp3) is 0.312. The third kappa shape index (κ3) is 4.02. The second kappa shape index (κ2) is 6.68. The van der Waals surface area contributed by atoms with Crippen LogP contribution in [0.15, 0.2) is 36.7 Å². The smallest absolute Gasteiger partial charge is 0.254 e. The van der Waals surface area contributed by atoms with E-state index in [0.29, 0.717) is 17.3 Å². The van der Waals surface area contributed by atoms with Crippen LogP contribution in [0, 0.1) is 0 Å². The molecule has 4 nitrogen and oxygen atoms in total. The summed E-state index contributed by atoms with van der Waals surface area (Å²) in [7, 11) is 1.77. The van der Waals surface area contributed by atoms with Crippen LogP contribution in [0.2, 0.25) is 5.15 Å². The van der Waals surface area contributed by atoms with Gasteiger partial charge in [-0.25, -0.2) is 4.98 Å². The largest absolute Gasteiger partial charge is 0.337 e. The molecule has 1 amide bonds. The molecule has 0 aliphatic heterocycles. The van der Waals surface area contributed by atoms with Crippen molar-refractivity contribution in [1.29, 1.82) is 0 Å². The minimum absolute atomic E-state index is 0.0713. The van der Waals surface area contributed by atoms with E-state index in [1.54, 1.807) is 30.4 Å². The van der Waals surface area contributed by atoms with Gasteiger partial charge in [0.15, 0.2) is 0 Å². The molecule has 0 N–H and O–H groups in total. The molecule has 0 fully saturated rings. The first-order chi connectivity index (χ1) is 9.97. The van der Waals surface area contributed by atoms with E-state index in [0.717, 1.165) is 11.3 Å². The normalized spacial score (nSPS) is 10.7. The first-order valence-corrected chi connectivity index (χ1v) is 7.17. The number of nitrogens with zero attached hydrogens (tertiary/aromatic N) is 3. The Labute approximate surface area is 129 Å². The van der Waals surface area contributed by atoms with Gasteiger partial charge in [-0.3, -0.25) is 9.78 Å². The zero-order chi connectivity index (χ0) is 15.4. The summed E-state index contributed by atoms with van der Waals surface area (Å²) < 4.78 is 0. The van der Waals surface area contributed by atoms with Crippen molar-refractivity contribution >= 4 is 17.5 Å². The number of aromatic nitrogens is 2. The van der Waals surface area contributed by atoms with E-state index in [4.69, 9.17) is 11.6 Å². The van der Waals surface area contributed by atoms with Crippen molar-refractivity contribution in [1.82, 2.24) is 14.9 Å². The highest BCUT2D eigenvalue weighted by Crippen LogP contribution is 2.19. The van der Waals surface area contributed by atoms with Crippen LogP contribution in [0.5, 0.6) is 0 Å². The first kappa shape index (κ1) is 15.4. The Morgan fingerprint density at radius 1 is 1.29 bits per heavy atom. The summed E-state index contributed by atoms with van der Waals surface area (Å²) in [5.41, 5.74) is 2.42. The molecule has 0 unspecified atom stereocenters. The number of carbonyl (C=O) groups is 1. The summed E-state index contributed by atoms with van der Waals surface area (Å²) in [5.74, 6) is 0.152. The Hall–Kier alpha value is -1.94. The van der Waals surface area contributed by atoms with Crippen LogP contribution in [0.25, 0.3) is 0 Å². The highest BCUT2D eigenvalue weighted by atomic mass is 35.5. The Morgan fingerprint density at radius 2 is 1.95 bits per heavy atom. The van der Waals surface area contributed by atoms with Crippen molar-refractivity contribution in [2.75, 3.05) is 7.05 Å². The molecular formula is C16H18ClN3O. The van der Waals surface area contributed by atoms with Crippen molar-refractivity contribution in [2.24, 2.45) is 0 Å². The maximum absolute atomic E-state index is 12.5. The van der Waals surface area contributed by atoms with E-state index in [2.05, 4.69) is 9.97 Å². The van der Waals surface area contributed by atoms with Crippen LogP contribution >= 0.6 is 11.6 Å². The molecule has 0 aliphatic carbocycles. The first-order valence-electron chi connectivity index (χ1n) is 6.79. The maximum Gasteiger partial charge on any atom is 0.254 e. The Morgan fingerprint density at radius 3 is 2.57 bits per heavy atom. The maximum atomic E-state index is 12.5. The monoisotopic (exact) mass is 303 g/mol. The summed E-state index contributed by atoms with van der Waals surface area (Å²) >= 11 is 6.01. The zero-order valence-electron chi connectivity index (χ0n) is 12.4. The van der Waals surface area contributed by atoms with Gasteiger partial charge in [-0.05, 0) is 35.7 Å². The lowest BCUT2D eigenvalue weighted by molar-refractivity contribution is 0.0785. The number of carbonyl (C=O) groups excluding carboxylic acids is 1. The Kier molecular flexibility index (Phi) is 4.91. The average molecular weight is 304 g/mol. The summed E-state index contributed by atoms with van der Waals surface area (Å²) in [5, 5.41) is 0.349. The van der Waals surface area contributed by atoms with Gasteiger partial charge in [-0.15, -0.1) is 0 Å². The van der Waals surface area contributed by atoms with Crippen LogP contribution in [0.4, 0.5) is 0 Å². The van der Waals surface area contributed by atoms with Crippen LogP contribution in [-0.2, 0) is 6.54 Å². The molecule has 2 heterocycles. The van der Waals surface area contributed by atoms with Gasteiger partial charge >= 0.3 is 0 Å². The number of rotatable bonds is 4. The minimum atomic E-state index is -0.0713. The van der Waals surface area contributed by atoms with Gasteiger partial charge in [0.1, 0.15) is 5.15 Å². The van der Waals surface area contributed by atoms with Gasteiger partial charge in [0, 0.05) is 37.2 Å². The fourth-order valence-corrected chi connectivity index (χ4v) is 2.21. The summed E-state index contributed by atoms with van der Waals surface area (Å²) in [6.07, 6.45) is 3.43. The minimum Gasteiger partial charge on any atom is -0.337 e. The molecule has 0 aliphatic rings. The highest BCUT2D eigenvalue weighted by Gasteiger charge is 2.15. The molecule has 110 valence electrons. The van der Waals surface area contributed by atoms with E-state index < -0.39 is 0 Å². The predicted molar refractivity (Wildman–Crippen MR) is 83.4 cm³/mol. The van der Waals surface area contributed by atoms with Crippen LogP contribution in [-0.4, -0.2) is 27.8 Å². The number of halogens is 1. The second-order valence-corrected chi connectivity index (χ2v) is 5.66. The molecule has 2 aromatic rings. The molecule has 21 heavy (non-hydrogen) atoms. The van der Waals surface area contributed by atoms with Gasteiger partial charge in [0.25, 0.3) is 5.91 Å². The van der Waals surface area contributed by atoms with Crippen molar-refractivity contribution in [3.05, 3.63) is 58.6 Å². The van der Waals surface area contributed by atoms with E-state index in [1.165, 1.54) is 0 Å². The number of hydrogen-bond donors (Lipinski definition) is 0. The van der Waals surface area contributed by atoms with E-state index in [1.807, 2.05) is 32.0 Å². The Balaban J connectivity index is 2.19. The fourth-order valence-electron chi connectivity index (χ4n) is 1.99. The number of pyridine rings is 2. The van der Waals surface area contributed by atoms with Crippen molar-refractivity contribution in [3.63, 3.8) is 0 Å². The van der Waals surface area contributed by atoms with Gasteiger partial charge in [-0.2, -0.15) is 0 Å². The Bertz CT molecular complexity index is 629. The third-order valence-corrected chi connectivity index (χ3v) is 3.36. The van der Waals surface area contributed by atoms with E-state index >= 15 is 0 Å². The molecule has 0 saturated carbocycles. The van der Waals surface area contributed by atoms with Gasteiger partial charge < -0.3 is 4.90 Å². The highest BCUT2D eigenvalue weighted by molar-refractivity contribution is 6.29. The molecule has 0 aromatic carbocycles. The zero-order valence-corrected chi connectivity index (χ0v) is 13.1. The van der Waals surface area contributed by atoms with E-state index in [-0.39, 0.29) is 11.8 Å². The topological polar surface area (TPSA) is 46.1 Å². The SMILES string of the molecule is CC(C)c1cc(C(=O)N(C)Cc2ccncc2)cc(Cl)n1. The average Bonchev–Trinajstić information content (AvgIpc) is 2.46. The molecular weight excluding hydrogens is 286 g/mol. The van der Waals surface area contributed by atoms with Crippen molar-refractivity contribution in [3.8, 4) is 0 Å². The molecule has 2 rings (SSSR count). The lowest BCUT2D eigenvalue weighted by Crippen LogP contribution is -2.26. The van der Waals surface area contributed by atoms with E-state index in [9.17, 15) is 4.79 Å². The number of hydrogen-bond acceptors (Lipinski definition) is 3. The molecule has 2 aromatic heterocycles. The van der Waals surface area contributed by atoms with Crippen molar-refractivity contribution in [2.45, 2.75) is 26.3 Å². The molecule has 0 saturated heterocycles.